The Morgan fingerprint density at radius 2 is 1.95 bits per heavy atom. The summed E-state index contributed by atoms with van der Waals surface area (Å²) >= 11 is 6.31. The van der Waals surface area contributed by atoms with Gasteiger partial charge in [-0.25, -0.2) is 9.37 Å². The largest absolute Gasteiger partial charge is 0.481 e. The summed E-state index contributed by atoms with van der Waals surface area (Å²) in [5.41, 5.74) is 2.70. The summed E-state index contributed by atoms with van der Waals surface area (Å²) in [5, 5.41) is 17.8. The number of aromatic nitrogens is 3. The van der Waals surface area contributed by atoms with Crippen molar-refractivity contribution in [3.63, 3.8) is 0 Å². The van der Waals surface area contributed by atoms with E-state index in [1.165, 1.54) is 13.2 Å². The van der Waals surface area contributed by atoms with Crippen LogP contribution >= 0.6 is 11.6 Å². The second-order valence-corrected chi connectivity index (χ2v) is 9.89. The second-order valence-electron chi connectivity index (χ2n) is 9.45. The van der Waals surface area contributed by atoms with E-state index in [9.17, 15) is 14.7 Å². The molecule has 1 aliphatic carbocycles. The number of methoxy groups -OCH3 is 1. The molecule has 1 amide bonds. The molecule has 8 nitrogen and oxygen atoms in total. The van der Waals surface area contributed by atoms with Gasteiger partial charge in [0, 0.05) is 34.3 Å². The Bertz CT molecular complexity index is 1510. The van der Waals surface area contributed by atoms with Crippen molar-refractivity contribution in [2.75, 3.05) is 7.11 Å². The molecule has 38 heavy (non-hydrogen) atoms. The number of nitrogens with one attached hydrogen (secondary N) is 1. The van der Waals surface area contributed by atoms with Crippen molar-refractivity contribution in [3.8, 4) is 17.0 Å². The monoisotopic (exact) mass is 536 g/mol. The highest BCUT2D eigenvalue weighted by Gasteiger charge is 2.27. The highest BCUT2D eigenvalue weighted by atomic mass is 35.5. The first-order valence-electron chi connectivity index (χ1n) is 12.3. The Hall–Kier alpha value is -3.98. The van der Waals surface area contributed by atoms with Crippen molar-refractivity contribution in [2.45, 2.75) is 38.3 Å². The minimum Gasteiger partial charge on any atom is -0.481 e. The van der Waals surface area contributed by atoms with Crippen LogP contribution in [0.15, 0.2) is 54.9 Å². The van der Waals surface area contributed by atoms with Gasteiger partial charge in [0.2, 0.25) is 5.88 Å². The third-order valence-electron chi connectivity index (χ3n) is 6.98. The molecule has 2 heterocycles. The minimum absolute atomic E-state index is 0.114. The first-order valence-corrected chi connectivity index (χ1v) is 12.7. The third kappa shape index (κ3) is 5.33. The summed E-state index contributed by atoms with van der Waals surface area (Å²) in [6.07, 6.45) is 5.44. The predicted molar refractivity (Wildman–Crippen MR) is 141 cm³/mol. The lowest BCUT2D eigenvalue weighted by Crippen LogP contribution is -2.38. The summed E-state index contributed by atoms with van der Waals surface area (Å²) < 4.78 is 21.9. The number of benzene rings is 2. The number of ether oxygens (including phenoxy) is 1. The molecule has 2 N–H and O–H groups in total. The molecule has 0 aliphatic heterocycles. The average molecular weight is 537 g/mol. The molecule has 2 aromatic heterocycles. The molecule has 0 unspecified atom stereocenters. The van der Waals surface area contributed by atoms with Crippen LogP contribution < -0.4 is 10.1 Å². The van der Waals surface area contributed by atoms with Gasteiger partial charge in [-0.05, 0) is 61.1 Å². The lowest BCUT2D eigenvalue weighted by Gasteiger charge is -2.27. The summed E-state index contributed by atoms with van der Waals surface area (Å²) in [7, 11) is 1.51. The molecule has 5 rings (SSSR count). The smallest absolute Gasteiger partial charge is 0.306 e. The molecule has 1 fully saturated rings. The molecule has 0 radical (unpaired) electrons. The van der Waals surface area contributed by atoms with Crippen LogP contribution in [0.5, 0.6) is 5.88 Å². The standard InChI is InChI=1S/C28H26ClFN4O4/c1-38-25-12-18(8-9-31-25)22-7-2-16(10-24(22)30)15-34-26-19(14-32-34)11-20(29)13-23(26)27(35)33-21-5-3-17(4-6-21)28(36)37/h2,7-14,17,21H,3-6,15H2,1H3,(H,33,35)(H,36,37). The first kappa shape index (κ1) is 25.7. The Balaban J connectivity index is 1.39. The van der Waals surface area contributed by atoms with Gasteiger partial charge in [-0.3, -0.25) is 14.3 Å². The lowest BCUT2D eigenvalue weighted by atomic mass is 9.86. The SMILES string of the molecule is COc1cc(-c2ccc(Cn3ncc4cc(Cl)cc(C(=O)NC5CCC(C(=O)O)CC5)c43)cc2F)ccn1. The number of halogens is 2. The number of carboxylic acid groups (broad SMARTS) is 1. The van der Waals surface area contributed by atoms with Gasteiger partial charge >= 0.3 is 5.97 Å². The van der Waals surface area contributed by atoms with Crippen molar-refractivity contribution in [1.82, 2.24) is 20.1 Å². The number of hydrogen-bond donors (Lipinski definition) is 2. The van der Waals surface area contributed by atoms with Crippen LogP contribution in [-0.4, -0.2) is 44.9 Å². The van der Waals surface area contributed by atoms with Gasteiger partial charge in [0.25, 0.3) is 5.91 Å². The van der Waals surface area contributed by atoms with Gasteiger partial charge in [0.05, 0.1) is 36.8 Å². The molecule has 196 valence electrons. The Labute approximate surface area is 223 Å². The molecule has 10 heteroatoms. The number of aliphatic carboxylic acids is 1. The normalized spacial score (nSPS) is 17.3. The number of pyridine rings is 1. The van der Waals surface area contributed by atoms with Crippen LogP contribution in [0, 0.1) is 11.7 Å². The van der Waals surface area contributed by atoms with Crippen LogP contribution in [0.3, 0.4) is 0 Å². The quantitative estimate of drug-likeness (QED) is 0.331. The molecule has 0 saturated heterocycles. The molecular formula is C28H26ClFN4O4. The van der Waals surface area contributed by atoms with E-state index < -0.39 is 11.8 Å². The van der Waals surface area contributed by atoms with Crippen LogP contribution in [0.25, 0.3) is 22.0 Å². The second kappa shape index (κ2) is 10.8. The Kier molecular flexibility index (Phi) is 7.28. The van der Waals surface area contributed by atoms with Gasteiger partial charge in [0.15, 0.2) is 0 Å². The minimum atomic E-state index is -0.791. The van der Waals surface area contributed by atoms with Gasteiger partial charge in [-0.15, -0.1) is 0 Å². The lowest BCUT2D eigenvalue weighted by molar-refractivity contribution is -0.142. The molecular weight excluding hydrogens is 511 g/mol. The van der Waals surface area contributed by atoms with Crippen molar-refractivity contribution in [3.05, 3.63) is 76.8 Å². The molecule has 4 aromatic rings. The van der Waals surface area contributed by atoms with Gasteiger partial charge in [-0.2, -0.15) is 5.10 Å². The molecule has 0 spiro atoms. The number of nitrogens with zero attached hydrogens (tertiary/aromatic N) is 3. The predicted octanol–water partition coefficient (Wildman–Crippen LogP) is 5.32. The number of carbonyl (C=O) groups is 2. The summed E-state index contributed by atoms with van der Waals surface area (Å²) in [5.74, 6) is -1.46. The summed E-state index contributed by atoms with van der Waals surface area (Å²) in [6.45, 7) is 0.242. The fraction of sp³-hybridized carbons (Fsp3) is 0.286. The van der Waals surface area contributed by atoms with E-state index in [2.05, 4.69) is 15.4 Å². The fourth-order valence-corrected chi connectivity index (χ4v) is 5.22. The van der Waals surface area contributed by atoms with E-state index in [0.29, 0.717) is 69.7 Å². The Morgan fingerprint density at radius 3 is 2.66 bits per heavy atom. The van der Waals surface area contributed by atoms with Gasteiger partial charge in [-0.1, -0.05) is 23.7 Å². The maximum absolute atomic E-state index is 15.1. The maximum Gasteiger partial charge on any atom is 0.306 e. The van der Waals surface area contributed by atoms with E-state index in [1.54, 1.807) is 47.4 Å². The number of carbonyl (C=O) groups excluding carboxylic acids is 1. The van der Waals surface area contributed by atoms with Crippen LogP contribution in [0.2, 0.25) is 5.02 Å². The number of amides is 1. The van der Waals surface area contributed by atoms with E-state index in [-0.39, 0.29) is 24.4 Å². The van der Waals surface area contributed by atoms with E-state index in [4.69, 9.17) is 16.3 Å². The summed E-state index contributed by atoms with van der Waals surface area (Å²) in [4.78, 5) is 28.6. The number of fused-ring (bicyclic) bond motifs is 1. The fourth-order valence-electron chi connectivity index (χ4n) is 4.99. The van der Waals surface area contributed by atoms with Gasteiger partial charge < -0.3 is 15.2 Å². The van der Waals surface area contributed by atoms with Crippen LogP contribution in [-0.2, 0) is 11.3 Å². The van der Waals surface area contributed by atoms with Crippen LogP contribution in [0.1, 0.15) is 41.6 Å². The van der Waals surface area contributed by atoms with Crippen molar-refractivity contribution in [2.24, 2.45) is 5.92 Å². The number of hydrogen-bond acceptors (Lipinski definition) is 5. The highest BCUT2D eigenvalue weighted by molar-refractivity contribution is 6.32. The summed E-state index contributed by atoms with van der Waals surface area (Å²) in [6, 6.07) is 11.6. The zero-order valence-electron chi connectivity index (χ0n) is 20.7. The van der Waals surface area contributed by atoms with Crippen molar-refractivity contribution < 1.29 is 23.8 Å². The first-order chi connectivity index (χ1) is 18.3. The molecule has 1 aliphatic rings. The average Bonchev–Trinajstić information content (AvgIpc) is 3.30. The third-order valence-corrected chi connectivity index (χ3v) is 7.19. The number of rotatable bonds is 7. The zero-order valence-corrected chi connectivity index (χ0v) is 21.4. The van der Waals surface area contributed by atoms with Crippen molar-refractivity contribution in [1.29, 1.82) is 0 Å². The molecule has 2 aromatic carbocycles. The highest BCUT2D eigenvalue weighted by Crippen LogP contribution is 2.29. The van der Waals surface area contributed by atoms with Gasteiger partial charge in [0.1, 0.15) is 5.82 Å². The van der Waals surface area contributed by atoms with Crippen LogP contribution in [0.4, 0.5) is 4.39 Å². The molecule has 0 bridgehead atoms. The zero-order chi connectivity index (χ0) is 26.8. The number of carboxylic acids is 1. The Morgan fingerprint density at radius 1 is 1.16 bits per heavy atom. The van der Waals surface area contributed by atoms with Crippen molar-refractivity contribution >= 4 is 34.4 Å². The molecule has 0 atom stereocenters. The van der Waals surface area contributed by atoms with E-state index in [1.807, 2.05) is 6.07 Å². The topological polar surface area (TPSA) is 106 Å². The maximum atomic E-state index is 15.1. The van der Waals surface area contributed by atoms with E-state index in [0.717, 1.165) is 0 Å². The molecule has 1 saturated carbocycles. The van der Waals surface area contributed by atoms with E-state index >= 15 is 4.39 Å².